The molecule has 3 rings (SSSR count). The van der Waals surface area contributed by atoms with Gasteiger partial charge in [-0.3, -0.25) is 9.59 Å². The van der Waals surface area contributed by atoms with E-state index in [-0.39, 0.29) is 17.9 Å². The van der Waals surface area contributed by atoms with Crippen LogP contribution in [-0.2, 0) is 4.79 Å². The lowest BCUT2D eigenvalue weighted by atomic mass is 10.0. The minimum absolute atomic E-state index is 0.0182. The molecule has 9 heteroatoms. The van der Waals surface area contributed by atoms with Crippen molar-refractivity contribution in [1.82, 2.24) is 19.7 Å². The molecule has 1 saturated heterocycles. The second kappa shape index (κ2) is 5.92. The molecule has 1 aliphatic heterocycles. The molecule has 25 heavy (non-hydrogen) atoms. The van der Waals surface area contributed by atoms with Crippen LogP contribution in [0, 0.1) is 11.8 Å². The Morgan fingerprint density at radius 2 is 2.20 bits per heavy atom. The summed E-state index contributed by atoms with van der Waals surface area (Å²) in [6.45, 7) is 0.450. The SMILES string of the molecule is CN1CC[C@@](O)(C#Cc2ccnc(-n3nc(C(N)=O)cc3N)c2)C1=O. The van der Waals surface area contributed by atoms with Crippen LogP contribution >= 0.6 is 0 Å². The predicted octanol–water partition coefficient (Wildman–Crippen LogP) is -1.11. The van der Waals surface area contributed by atoms with Crippen molar-refractivity contribution in [3.05, 3.63) is 35.7 Å². The number of pyridine rings is 1. The van der Waals surface area contributed by atoms with E-state index < -0.39 is 17.4 Å². The van der Waals surface area contributed by atoms with Crippen LogP contribution in [0.25, 0.3) is 5.82 Å². The zero-order valence-corrected chi connectivity index (χ0v) is 13.4. The molecule has 0 saturated carbocycles. The number of primary amides is 1. The molecule has 0 aliphatic carbocycles. The Labute approximate surface area is 143 Å². The molecule has 128 valence electrons. The number of carbonyl (C=O) groups excluding carboxylic acids is 2. The highest BCUT2D eigenvalue weighted by Gasteiger charge is 2.42. The average Bonchev–Trinajstić information content (AvgIpc) is 3.10. The Hall–Kier alpha value is -3.38. The molecule has 0 radical (unpaired) electrons. The fourth-order valence-electron chi connectivity index (χ4n) is 2.46. The number of likely N-dealkylation sites (N-methyl/N-ethyl adjacent to an activating group) is 1. The van der Waals surface area contributed by atoms with E-state index in [0.717, 1.165) is 0 Å². The number of aromatic nitrogens is 3. The first-order valence-electron chi connectivity index (χ1n) is 7.43. The second-order valence-corrected chi connectivity index (χ2v) is 5.72. The van der Waals surface area contributed by atoms with Gasteiger partial charge in [0.1, 0.15) is 5.82 Å². The summed E-state index contributed by atoms with van der Waals surface area (Å²) in [4.78, 5) is 28.7. The third-order valence-corrected chi connectivity index (χ3v) is 3.88. The van der Waals surface area contributed by atoms with Crippen molar-refractivity contribution in [2.45, 2.75) is 12.0 Å². The summed E-state index contributed by atoms with van der Waals surface area (Å²) < 4.78 is 1.26. The third kappa shape index (κ3) is 3.02. The number of hydrogen-bond donors (Lipinski definition) is 3. The number of likely N-dealkylation sites (tertiary alicyclic amines) is 1. The van der Waals surface area contributed by atoms with Crippen LogP contribution in [0.2, 0.25) is 0 Å². The molecule has 2 aromatic rings. The molecule has 1 atom stereocenters. The molecule has 2 aromatic heterocycles. The Kier molecular flexibility index (Phi) is 3.90. The number of amides is 2. The number of nitrogens with two attached hydrogens (primary N) is 2. The van der Waals surface area contributed by atoms with Gasteiger partial charge in [-0.05, 0) is 12.1 Å². The maximum atomic E-state index is 11.9. The zero-order valence-electron chi connectivity index (χ0n) is 13.4. The maximum absolute atomic E-state index is 11.9. The largest absolute Gasteiger partial charge is 0.384 e. The van der Waals surface area contributed by atoms with Crippen LogP contribution in [0.5, 0.6) is 0 Å². The minimum atomic E-state index is -1.68. The van der Waals surface area contributed by atoms with Gasteiger partial charge in [-0.1, -0.05) is 11.8 Å². The third-order valence-electron chi connectivity index (χ3n) is 3.88. The highest BCUT2D eigenvalue weighted by molar-refractivity contribution is 5.91. The van der Waals surface area contributed by atoms with Gasteiger partial charge in [0.2, 0.25) is 5.60 Å². The number of anilines is 1. The van der Waals surface area contributed by atoms with Crippen molar-refractivity contribution >= 4 is 17.6 Å². The summed E-state index contributed by atoms with van der Waals surface area (Å²) in [6.07, 6.45) is 1.73. The van der Waals surface area contributed by atoms with Gasteiger partial charge in [0.25, 0.3) is 11.8 Å². The van der Waals surface area contributed by atoms with E-state index in [1.165, 1.54) is 21.8 Å². The van der Waals surface area contributed by atoms with Crippen molar-refractivity contribution in [2.75, 3.05) is 19.3 Å². The first kappa shape index (κ1) is 16.5. The van der Waals surface area contributed by atoms with Crippen LogP contribution < -0.4 is 11.5 Å². The van der Waals surface area contributed by atoms with E-state index in [1.54, 1.807) is 19.2 Å². The fourth-order valence-corrected chi connectivity index (χ4v) is 2.46. The Morgan fingerprint density at radius 1 is 1.44 bits per heavy atom. The quantitative estimate of drug-likeness (QED) is 0.592. The van der Waals surface area contributed by atoms with Gasteiger partial charge in [-0.15, -0.1) is 0 Å². The molecule has 9 nitrogen and oxygen atoms in total. The molecular formula is C16H16N6O3. The number of rotatable bonds is 2. The summed E-state index contributed by atoms with van der Waals surface area (Å²) in [5, 5.41) is 14.3. The van der Waals surface area contributed by atoms with Crippen molar-refractivity contribution in [2.24, 2.45) is 5.73 Å². The van der Waals surface area contributed by atoms with Crippen molar-refractivity contribution < 1.29 is 14.7 Å². The number of carbonyl (C=O) groups is 2. The smallest absolute Gasteiger partial charge is 0.269 e. The van der Waals surface area contributed by atoms with E-state index in [1.807, 2.05) is 0 Å². The number of nitrogens with zero attached hydrogens (tertiary/aromatic N) is 4. The van der Waals surface area contributed by atoms with Crippen LogP contribution in [-0.4, -0.2) is 55.8 Å². The lowest BCUT2D eigenvalue weighted by Crippen LogP contribution is -2.37. The molecule has 1 fully saturated rings. The van der Waals surface area contributed by atoms with Crippen LogP contribution in [0.15, 0.2) is 24.4 Å². The topological polar surface area (TPSA) is 140 Å². The Balaban J connectivity index is 1.93. The number of hydrogen-bond acceptors (Lipinski definition) is 6. The first-order chi connectivity index (χ1) is 11.8. The minimum Gasteiger partial charge on any atom is -0.384 e. The van der Waals surface area contributed by atoms with E-state index in [4.69, 9.17) is 11.5 Å². The molecule has 5 N–H and O–H groups in total. The zero-order chi connectivity index (χ0) is 18.2. The average molecular weight is 340 g/mol. The van der Waals surface area contributed by atoms with E-state index in [2.05, 4.69) is 21.9 Å². The van der Waals surface area contributed by atoms with Crippen molar-refractivity contribution in [3.8, 4) is 17.7 Å². The normalized spacial score (nSPS) is 19.6. The monoisotopic (exact) mass is 340 g/mol. The van der Waals surface area contributed by atoms with Crippen LogP contribution in [0.1, 0.15) is 22.5 Å². The lowest BCUT2D eigenvalue weighted by molar-refractivity contribution is -0.137. The van der Waals surface area contributed by atoms with Gasteiger partial charge < -0.3 is 21.5 Å². The Bertz CT molecular complexity index is 925. The Morgan fingerprint density at radius 3 is 2.80 bits per heavy atom. The standard InChI is InChI=1S/C16H16N6O3/c1-21-7-5-16(25,15(21)24)4-2-10-3-6-19-13(8-10)22-12(17)9-11(20-22)14(18)23/h3,6,8-9,25H,5,7,17H2,1H3,(H2,18,23)/t16-/m0/s1. The summed E-state index contributed by atoms with van der Waals surface area (Å²) >= 11 is 0. The van der Waals surface area contributed by atoms with Gasteiger partial charge in [0.05, 0.1) is 0 Å². The summed E-state index contributed by atoms with van der Waals surface area (Å²) in [7, 11) is 1.61. The molecule has 1 aliphatic rings. The highest BCUT2D eigenvalue weighted by atomic mass is 16.3. The van der Waals surface area contributed by atoms with E-state index in [0.29, 0.717) is 17.9 Å². The maximum Gasteiger partial charge on any atom is 0.269 e. The molecule has 3 heterocycles. The highest BCUT2D eigenvalue weighted by Crippen LogP contribution is 2.21. The van der Waals surface area contributed by atoms with Gasteiger partial charge >= 0.3 is 0 Å². The van der Waals surface area contributed by atoms with E-state index in [9.17, 15) is 14.7 Å². The molecule has 0 bridgehead atoms. The van der Waals surface area contributed by atoms with Gasteiger partial charge in [0, 0.05) is 37.8 Å². The molecular weight excluding hydrogens is 324 g/mol. The van der Waals surface area contributed by atoms with Gasteiger partial charge in [0.15, 0.2) is 11.5 Å². The van der Waals surface area contributed by atoms with Crippen LogP contribution in [0.3, 0.4) is 0 Å². The molecule has 0 spiro atoms. The van der Waals surface area contributed by atoms with Gasteiger partial charge in [-0.2, -0.15) is 9.78 Å². The summed E-state index contributed by atoms with van der Waals surface area (Å²) in [6, 6.07) is 4.55. The first-order valence-corrected chi connectivity index (χ1v) is 7.43. The number of aliphatic hydroxyl groups is 1. The summed E-state index contributed by atoms with van der Waals surface area (Å²) in [5.41, 5.74) is 9.85. The van der Waals surface area contributed by atoms with Gasteiger partial charge in [-0.25, -0.2) is 4.98 Å². The summed E-state index contributed by atoms with van der Waals surface area (Å²) in [5.74, 6) is 4.80. The fraction of sp³-hybridized carbons (Fsp3) is 0.250. The molecule has 0 unspecified atom stereocenters. The lowest BCUT2D eigenvalue weighted by Gasteiger charge is -2.13. The van der Waals surface area contributed by atoms with Crippen molar-refractivity contribution in [3.63, 3.8) is 0 Å². The second-order valence-electron chi connectivity index (χ2n) is 5.72. The molecule has 0 aromatic carbocycles. The van der Waals surface area contributed by atoms with E-state index >= 15 is 0 Å². The predicted molar refractivity (Wildman–Crippen MR) is 88.4 cm³/mol. The van der Waals surface area contributed by atoms with Crippen molar-refractivity contribution in [1.29, 1.82) is 0 Å². The number of nitrogen functional groups attached to an aromatic ring is 1. The van der Waals surface area contributed by atoms with Crippen LogP contribution in [0.4, 0.5) is 5.82 Å². The molecule has 2 amide bonds.